The molecule has 2 atom stereocenters. The van der Waals surface area contributed by atoms with Crippen LogP contribution in [0.4, 0.5) is 0 Å². The van der Waals surface area contributed by atoms with Gasteiger partial charge in [-0.1, -0.05) is 6.92 Å². The van der Waals surface area contributed by atoms with E-state index in [0.717, 1.165) is 12.2 Å². The third-order valence-electron chi connectivity index (χ3n) is 2.84. The summed E-state index contributed by atoms with van der Waals surface area (Å²) >= 11 is 1.68. The maximum absolute atomic E-state index is 11.8. The number of aliphatic hydroxyl groups excluding tert-OH is 1. The monoisotopic (exact) mass is 248 g/mol. The summed E-state index contributed by atoms with van der Waals surface area (Å²) in [7, 11) is 0. The van der Waals surface area contributed by atoms with Crippen LogP contribution in [-0.4, -0.2) is 41.2 Å². The van der Waals surface area contributed by atoms with Crippen LogP contribution in [0.1, 0.15) is 33.1 Å². The van der Waals surface area contributed by atoms with Gasteiger partial charge < -0.3 is 16.2 Å². The van der Waals surface area contributed by atoms with Crippen molar-refractivity contribution < 1.29 is 9.90 Å². The van der Waals surface area contributed by atoms with Crippen LogP contribution in [0, 0.1) is 0 Å². The third kappa shape index (κ3) is 5.72. The molecule has 0 saturated heterocycles. The number of aliphatic hydroxyl groups is 1. The molecule has 0 aromatic heterocycles. The number of amides is 1. The molecule has 0 heterocycles. The summed E-state index contributed by atoms with van der Waals surface area (Å²) in [6, 6.07) is -0.447. The fourth-order valence-electron chi connectivity index (χ4n) is 1.34. The number of carbonyl (C=O) groups is 1. The van der Waals surface area contributed by atoms with Gasteiger partial charge in [0.2, 0.25) is 5.91 Å². The van der Waals surface area contributed by atoms with Crippen molar-refractivity contribution in [2.75, 3.05) is 18.6 Å². The lowest BCUT2D eigenvalue weighted by Gasteiger charge is -2.30. The van der Waals surface area contributed by atoms with Crippen molar-refractivity contribution in [3.63, 3.8) is 0 Å². The first-order valence-electron chi connectivity index (χ1n) is 5.66. The molecule has 16 heavy (non-hydrogen) atoms. The summed E-state index contributed by atoms with van der Waals surface area (Å²) < 4.78 is 0. The lowest BCUT2D eigenvalue weighted by atomic mass is 9.94. The van der Waals surface area contributed by atoms with Gasteiger partial charge in [0.1, 0.15) is 0 Å². The SMILES string of the molecule is CCC(C)(CCO)NC(=O)[C@H](N)CCSC. The quantitative estimate of drug-likeness (QED) is 0.592. The smallest absolute Gasteiger partial charge is 0.237 e. The number of thioether (sulfide) groups is 1. The van der Waals surface area contributed by atoms with Crippen molar-refractivity contribution in [1.82, 2.24) is 5.32 Å². The molecular weight excluding hydrogens is 224 g/mol. The average molecular weight is 248 g/mol. The van der Waals surface area contributed by atoms with Gasteiger partial charge in [-0.2, -0.15) is 11.8 Å². The van der Waals surface area contributed by atoms with E-state index in [1.165, 1.54) is 0 Å². The Labute approximate surface area is 102 Å². The zero-order valence-electron chi connectivity index (χ0n) is 10.5. The first-order chi connectivity index (χ1) is 7.49. The fourth-order valence-corrected chi connectivity index (χ4v) is 1.83. The van der Waals surface area contributed by atoms with Crippen LogP contribution in [0.2, 0.25) is 0 Å². The Morgan fingerprint density at radius 3 is 2.69 bits per heavy atom. The van der Waals surface area contributed by atoms with Crippen molar-refractivity contribution in [3.8, 4) is 0 Å². The summed E-state index contributed by atoms with van der Waals surface area (Å²) in [6.45, 7) is 4.00. The van der Waals surface area contributed by atoms with E-state index < -0.39 is 6.04 Å². The molecule has 0 aliphatic heterocycles. The number of hydrogen-bond donors (Lipinski definition) is 3. The molecule has 4 nitrogen and oxygen atoms in total. The predicted octanol–water partition coefficient (Wildman–Crippen LogP) is 0.734. The summed E-state index contributed by atoms with van der Waals surface area (Å²) in [4.78, 5) is 11.8. The highest BCUT2D eigenvalue weighted by Gasteiger charge is 2.25. The Morgan fingerprint density at radius 1 is 1.62 bits per heavy atom. The van der Waals surface area contributed by atoms with Gasteiger partial charge in [-0.25, -0.2) is 0 Å². The van der Waals surface area contributed by atoms with Gasteiger partial charge in [0.15, 0.2) is 0 Å². The van der Waals surface area contributed by atoms with E-state index in [4.69, 9.17) is 10.8 Å². The molecule has 0 radical (unpaired) electrons. The minimum absolute atomic E-state index is 0.0741. The van der Waals surface area contributed by atoms with Crippen LogP contribution in [0.15, 0.2) is 0 Å². The first-order valence-corrected chi connectivity index (χ1v) is 7.06. The van der Waals surface area contributed by atoms with Crippen molar-refractivity contribution in [1.29, 1.82) is 0 Å². The molecule has 0 aromatic rings. The molecule has 4 N–H and O–H groups in total. The number of hydrogen-bond acceptors (Lipinski definition) is 4. The molecule has 0 saturated carbocycles. The van der Waals surface area contributed by atoms with E-state index >= 15 is 0 Å². The van der Waals surface area contributed by atoms with Crippen LogP contribution in [0.25, 0.3) is 0 Å². The van der Waals surface area contributed by atoms with E-state index in [1.807, 2.05) is 20.1 Å². The molecule has 0 fully saturated rings. The molecule has 0 spiro atoms. The zero-order chi connectivity index (χ0) is 12.6. The predicted molar refractivity (Wildman–Crippen MR) is 69.5 cm³/mol. The van der Waals surface area contributed by atoms with E-state index in [0.29, 0.717) is 12.8 Å². The van der Waals surface area contributed by atoms with Crippen molar-refractivity contribution in [2.24, 2.45) is 5.73 Å². The number of nitrogens with two attached hydrogens (primary N) is 1. The summed E-state index contributed by atoms with van der Waals surface area (Å²) in [5.74, 6) is 0.768. The summed E-state index contributed by atoms with van der Waals surface area (Å²) in [5.41, 5.74) is 5.43. The van der Waals surface area contributed by atoms with Gasteiger partial charge in [0.25, 0.3) is 0 Å². The van der Waals surface area contributed by atoms with Crippen LogP contribution >= 0.6 is 11.8 Å². The molecule has 0 aromatic carbocycles. The van der Waals surface area contributed by atoms with Crippen LogP contribution in [0.3, 0.4) is 0 Å². The van der Waals surface area contributed by atoms with E-state index in [-0.39, 0.29) is 18.1 Å². The topological polar surface area (TPSA) is 75.3 Å². The lowest BCUT2D eigenvalue weighted by molar-refractivity contribution is -0.124. The Balaban J connectivity index is 4.18. The van der Waals surface area contributed by atoms with Gasteiger partial charge in [-0.15, -0.1) is 0 Å². The molecule has 1 amide bonds. The van der Waals surface area contributed by atoms with Crippen LogP contribution in [-0.2, 0) is 4.79 Å². The first kappa shape index (κ1) is 15.7. The second-order valence-electron chi connectivity index (χ2n) is 4.27. The molecule has 96 valence electrons. The van der Waals surface area contributed by atoms with E-state index in [9.17, 15) is 4.79 Å². The highest BCUT2D eigenvalue weighted by atomic mass is 32.2. The molecular formula is C11H24N2O2S. The van der Waals surface area contributed by atoms with Gasteiger partial charge in [0, 0.05) is 12.1 Å². The largest absolute Gasteiger partial charge is 0.396 e. The molecule has 5 heteroatoms. The van der Waals surface area contributed by atoms with E-state index in [1.54, 1.807) is 11.8 Å². The number of rotatable bonds is 8. The molecule has 0 rings (SSSR count). The number of nitrogens with one attached hydrogen (secondary N) is 1. The normalized spacial score (nSPS) is 16.6. The Kier molecular flexibility index (Phi) is 7.80. The highest BCUT2D eigenvalue weighted by molar-refractivity contribution is 7.98. The van der Waals surface area contributed by atoms with Gasteiger partial charge in [-0.05, 0) is 38.2 Å². The standard InChI is InChI=1S/C11H24N2O2S/c1-4-11(2,6-7-14)13-10(15)9(12)5-8-16-3/h9,14H,4-8,12H2,1-3H3,(H,13,15)/t9-,11?/m1/s1. The highest BCUT2D eigenvalue weighted by Crippen LogP contribution is 2.14. The van der Waals surface area contributed by atoms with Gasteiger partial charge >= 0.3 is 0 Å². The summed E-state index contributed by atoms with van der Waals surface area (Å²) in [5, 5.41) is 11.9. The third-order valence-corrected chi connectivity index (χ3v) is 3.48. The van der Waals surface area contributed by atoms with Gasteiger partial charge in [-0.3, -0.25) is 4.79 Å². The Bertz CT molecular complexity index is 214. The van der Waals surface area contributed by atoms with Crippen molar-refractivity contribution >= 4 is 17.7 Å². The second kappa shape index (κ2) is 7.92. The Morgan fingerprint density at radius 2 is 2.25 bits per heavy atom. The average Bonchev–Trinajstić information content (AvgIpc) is 2.26. The number of carbonyl (C=O) groups excluding carboxylic acids is 1. The Hall–Kier alpha value is -0.260. The fraction of sp³-hybridized carbons (Fsp3) is 0.909. The minimum Gasteiger partial charge on any atom is -0.396 e. The van der Waals surface area contributed by atoms with Crippen LogP contribution < -0.4 is 11.1 Å². The summed E-state index contributed by atoms with van der Waals surface area (Å²) in [6.07, 6.45) is 4.03. The van der Waals surface area contributed by atoms with Gasteiger partial charge in [0.05, 0.1) is 6.04 Å². The molecule has 0 bridgehead atoms. The van der Waals surface area contributed by atoms with Crippen molar-refractivity contribution in [3.05, 3.63) is 0 Å². The minimum atomic E-state index is -0.447. The van der Waals surface area contributed by atoms with E-state index in [2.05, 4.69) is 5.32 Å². The maximum Gasteiger partial charge on any atom is 0.237 e. The second-order valence-corrected chi connectivity index (χ2v) is 5.25. The van der Waals surface area contributed by atoms with Crippen LogP contribution in [0.5, 0.6) is 0 Å². The molecule has 1 unspecified atom stereocenters. The van der Waals surface area contributed by atoms with Crippen molar-refractivity contribution in [2.45, 2.75) is 44.7 Å². The maximum atomic E-state index is 11.8. The molecule has 0 aliphatic carbocycles. The zero-order valence-corrected chi connectivity index (χ0v) is 11.3. The molecule has 0 aliphatic rings. The lowest BCUT2D eigenvalue weighted by Crippen LogP contribution is -2.52.